The first-order valence-electron chi connectivity index (χ1n) is 9.50. The number of guanidine groups is 1. The molecule has 0 bridgehead atoms. The fourth-order valence-corrected chi connectivity index (χ4v) is 3.29. The average Bonchev–Trinajstić information content (AvgIpc) is 3.06. The van der Waals surface area contributed by atoms with Crippen LogP contribution in [-0.2, 0) is 17.8 Å². The first kappa shape index (κ1) is 24.1. The summed E-state index contributed by atoms with van der Waals surface area (Å²) in [5.74, 6) is 0.815. The highest BCUT2D eigenvalue weighted by Gasteiger charge is 2.34. The third kappa shape index (κ3) is 8.33. The molecule has 1 aliphatic rings. The third-order valence-corrected chi connectivity index (χ3v) is 4.71. The van der Waals surface area contributed by atoms with Gasteiger partial charge < -0.3 is 25.4 Å². The van der Waals surface area contributed by atoms with Crippen molar-refractivity contribution >= 4 is 29.9 Å². The lowest BCUT2D eigenvalue weighted by molar-refractivity contribution is 0.127. The number of nitrogens with zero attached hydrogens (tertiary/aromatic N) is 2. The molecular formula is C20H35IN4O2. The Hall–Kier alpha value is -0.900. The number of hydrogen-bond acceptors (Lipinski definition) is 4. The normalized spacial score (nSPS) is 19.8. The van der Waals surface area contributed by atoms with E-state index in [4.69, 9.17) is 9.73 Å². The number of hydrogen-bond donors (Lipinski definition) is 3. The second kappa shape index (κ2) is 12.5. The van der Waals surface area contributed by atoms with Gasteiger partial charge in [-0.25, -0.2) is 4.99 Å². The van der Waals surface area contributed by atoms with Gasteiger partial charge in [-0.3, -0.25) is 0 Å². The molecule has 0 radical (unpaired) electrons. The summed E-state index contributed by atoms with van der Waals surface area (Å²) in [6.07, 6.45) is 1.73. The molecule has 0 saturated carbocycles. The van der Waals surface area contributed by atoms with Crippen molar-refractivity contribution in [3.63, 3.8) is 0 Å². The predicted molar refractivity (Wildman–Crippen MR) is 122 cm³/mol. The number of nitrogens with one attached hydrogen (secondary N) is 2. The van der Waals surface area contributed by atoms with Gasteiger partial charge in [-0.1, -0.05) is 24.3 Å². The average molecular weight is 490 g/mol. The zero-order valence-corrected chi connectivity index (χ0v) is 19.2. The predicted octanol–water partition coefficient (Wildman–Crippen LogP) is 2.21. The zero-order valence-electron chi connectivity index (χ0n) is 16.8. The summed E-state index contributed by atoms with van der Waals surface area (Å²) in [6, 6.07) is 8.57. The van der Waals surface area contributed by atoms with Crippen LogP contribution in [0.1, 0.15) is 30.9 Å². The molecule has 1 aromatic rings. The molecule has 1 unspecified atom stereocenters. The summed E-state index contributed by atoms with van der Waals surface area (Å²) in [5.41, 5.74) is 2.51. The van der Waals surface area contributed by atoms with Gasteiger partial charge in [0.15, 0.2) is 5.96 Å². The van der Waals surface area contributed by atoms with Crippen LogP contribution >= 0.6 is 24.0 Å². The Morgan fingerprint density at radius 1 is 1.30 bits per heavy atom. The minimum Gasteiger partial charge on any atom is -0.396 e. The molecular weight excluding hydrogens is 455 g/mol. The molecule has 1 aliphatic heterocycles. The number of aliphatic imine (C=N–C) groups is 1. The Morgan fingerprint density at radius 2 is 2.07 bits per heavy atom. The lowest BCUT2D eigenvalue weighted by Gasteiger charge is -2.27. The van der Waals surface area contributed by atoms with Crippen molar-refractivity contribution < 1.29 is 9.84 Å². The fourth-order valence-electron chi connectivity index (χ4n) is 3.29. The van der Waals surface area contributed by atoms with Crippen molar-refractivity contribution in [3.8, 4) is 0 Å². The van der Waals surface area contributed by atoms with Crippen molar-refractivity contribution in [2.45, 2.75) is 32.9 Å². The summed E-state index contributed by atoms with van der Waals surface area (Å²) in [5, 5.41) is 16.1. The van der Waals surface area contributed by atoms with Crippen molar-refractivity contribution in [1.29, 1.82) is 0 Å². The monoisotopic (exact) mass is 490 g/mol. The van der Waals surface area contributed by atoms with Crippen LogP contribution in [0.4, 0.5) is 0 Å². The van der Waals surface area contributed by atoms with Crippen molar-refractivity contribution in [1.82, 2.24) is 15.5 Å². The Kier molecular flexibility index (Phi) is 11.2. The summed E-state index contributed by atoms with van der Waals surface area (Å²) in [4.78, 5) is 6.90. The van der Waals surface area contributed by atoms with E-state index < -0.39 is 0 Å². The van der Waals surface area contributed by atoms with E-state index in [1.807, 2.05) is 0 Å². The van der Waals surface area contributed by atoms with Crippen LogP contribution in [0.5, 0.6) is 0 Å². The standard InChI is InChI=1S/C20H34N4O2.HI/c1-4-21-19(23-15-20(8-10-25)9-11-26-16-20)22-13-17-6-5-7-18(12-17)14-24(2)3;/h5-7,12,25H,4,8-11,13-16H2,1-3H3,(H2,21,22,23);1H. The lowest BCUT2D eigenvalue weighted by Crippen LogP contribution is -2.44. The molecule has 0 spiro atoms. The Labute approximate surface area is 180 Å². The fraction of sp³-hybridized carbons (Fsp3) is 0.650. The molecule has 0 aliphatic carbocycles. The van der Waals surface area contributed by atoms with Gasteiger partial charge in [0.1, 0.15) is 0 Å². The van der Waals surface area contributed by atoms with Crippen molar-refractivity contribution in [2.24, 2.45) is 10.4 Å². The summed E-state index contributed by atoms with van der Waals surface area (Å²) in [6.45, 7) is 6.88. The van der Waals surface area contributed by atoms with Gasteiger partial charge >= 0.3 is 0 Å². The van der Waals surface area contributed by atoms with Crippen molar-refractivity contribution in [3.05, 3.63) is 35.4 Å². The molecule has 1 fully saturated rings. The van der Waals surface area contributed by atoms with Crippen LogP contribution in [0.2, 0.25) is 0 Å². The molecule has 1 heterocycles. The lowest BCUT2D eigenvalue weighted by atomic mass is 9.84. The number of rotatable bonds is 9. The quantitative estimate of drug-likeness (QED) is 0.282. The van der Waals surface area contributed by atoms with E-state index in [1.54, 1.807) is 0 Å². The summed E-state index contributed by atoms with van der Waals surface area (Å²) in [7, 11) is 4.15. The number of ether oxygens (including phenoxy) is 1. The number of aliphatic hydroxyl groups excluding tert-OH is 1. The number of benzene rings is 1. The maximum Gasteiger partial charge on any atom is 0.191 e. The highest BCUT2D eigenvalue weighted by atomic mass is 127. The molecule has 0 amide bonds. The van der Waals surface area contributed by atoms with Gasteiger partial charge in [-0.2, -0.15) is 0 Å². The molecule has 1 aromatic carbocycles. The third-order valence-electron chi connectivity index (χ3n) is 4.71. The first-order chi connectivity index (χ1) is 12.6. The first-order valence-corrected chi connectivity index (χ1v) is 9.50. The van der Waals surface area contributed by atoms with E-state index in [0.29, 0.717) is 13.2 Å². The Balaban J connectivity index is 0.00000364. The summed E-state index contributed by atoms with van der Waals surface area (Å²) >= 11 is 0. The van der Waals surface area contributed by atoms with Crippen LogP contribution in [0.25, 0.3) is 0 Å². The number of halogens is 1. The minimum atomic E-state index is 0. The topological polar surface area (TPSA) is 69.1 Å². The van der Waals surface area contributed by atoms with Gasteiger partial charge in [0.25, 0.3) is 0 Å². The van der Waals surface area contributed by atoms with Gasteiger partial charge in [-0.05, 0) is 45.0 Å². The molecule has 7 heteroatoms. The van der Waals surface area contributed by atoms with Gasteiger partial charge in [0, 0.05) is 38.3 Å². The highest BCUT2D eigenvalue weighted by Crippen LogP contribution is 2.31. The van der Waals surface area contributed by atoms with Gasteiger partial charge in [0.05, 0.1) is 13.2 Å². The van der Waals surface area contributed by atoms with Crippen molar-refractivity contribution in [2.75, 3.05) is 47.0 Å². The number of aliphatic hydroxyl groups is 1. The van der Waals surface area contributed by atoms with E-state index >= 15 is 0 Å². The maximum atomic E-state index is 9.37. The molecule has 2 rings (SSSR count). The van der Waals surface area contributed by atoms with Gasteiger partial charge in [0.2, 0.25) is 0 Å². The highest BCUT2D eigenvalue weighted by molar-refractivity contribution is 14.0. The SMILES string of the molecule is CCNC(=NCc1cccc(CN(C)C)c1)NCC1(CCO)CCOC1.I. The smallest absolute Gasteiger partial charge is 0.191 e. The second-order valence-electron chi connectivity index (χ2n) is 7.38. The largest absolute Gasteiger partial charge is 0.396 e. The van der Waals surface area contributed by atoms with Crippen LogP contribution < -0.4 is 10.6 Å². The van der Waals surface area contributed by atoms with E-state index in [1.165, 1.54) is 11.1 Å². The Morgan fingerprint density at radius 3 is 2.70 bits per heavy atom. The molecule has 154 valence electrons. The molecule has 6 nitrogen and oxygen atoms in total. The molecule has 1 atom stereocenters. The Bertz CT molecular complexity index is 575. The van der Waals surface area contributed by atoms with Crippen LogP contribution in [-0.4, -0.2) is 63.0 Å². The second-order valence-corrected chi connectivity index (χ2v) is 7.38. The van der Waals surface area contributed by atoms with Crippen LogP contribution in [0, 0.1) is 5.41 Å². The van der Waals surface area contributed by atoms with E-state index in [-0.39, 0.29) is 36.0 Å². The molecule has 1 saturated heterocycles. The van der Waals surface area contributed by atoms with E-state index in [9.17, 15) is 5.11 Å². The molecule has 27 heavy (non-hydrogen) atoms. The summed E-state index contributed by atoms with van der Waals surface area (Å²) < 4.78 is 5.56. The van der Waals surface area contributed by atoms with E-state index in [0.717, 1.165) is 45.0 Å². The zero-order chi connectivity index (χ0) is 18.8. The van der Waals surface area contributed by atoms with Crippen LogP contribution in [0.15, 0.2) is 29.3 Å². The van der Waals surface area contributed by atoms with Gasteiger partial charge in [-0.15, -0.1) is 24.0 Å². The molecule has 3 N–H and O–H groups in total. The van der Waals surface area contributed by atoms with Crippen LogP contribution in [0.3, 0.4) is 0 Å². The minimum absolute atomic E-state index is 0. The van der Waals surface area contributed by atoms with E-state index in [2.05, 4.69) is 60.8 Å². The maximum absolute atomic E-state index is 9.37. The molecule has 0 aromatic heterocycles.